The number of hydrogen-bond donors (Lipinski definition) is 0. The maximum atomic E-state index is 12.9. The molecule has 1 aliphatic heterocycles. The van der Waals surface area contributed by atoms with Gasteiger partial charge in [-0.2, -0.15) is 4.31 Å². The van der Waals surface area contributed by atoms with E-state index in [0.29, 0.717) is 30.1 Å². The highest BCUT2D eigenvalue weighted by atomic mass is 35.5. The zero-order valence-corrected chi connectivity index (χ0v) is 18.0. The van der Waals surface area contributed by atoms with Crippen molar-refractivity contribution in [3.63, 3.8) is 0 Å². The predicted octanol–water partition coefficient (Wildman–Crippen LogP) is 4.72. The molecule has 4 rings (SSSR count). The Kier molecular flexibility index (Phi) is 5.76. The molecule has 0 spiro atoms. The summed E-state index contributed by atoms with van der Waals surface area (Å²) in [5, 5.41) is 1.68. The van der Waals surface area contributed by atoms with Crippen LogP contribution in [-0.2, 0) is 22.3 Å². The maximum Gasteiger partial charge on any atom is 0.218 e. The molecule has 0 saturated heterocycles. The van der Waals surface area contributed by atoms with Crippen molar-refractivity contribution in [2.75, 3.05) is 13.1 Å². The molecule has 0 radical (unpaired) electrons. The Morgan fingerprint density at radius 3 is 2.79 bits per heavy atom. The number of nitrogens with zero attached hydrogens (tertiary/aromatic N) is 3. The second-order valence-corrected chi connectivity index (χ2v) is 9.74. The lowest BCUT2D eigenvalue weighted by molar-refractivity contribution is 0.440. The number of aryl methyl sites for hydroxylation is 1. The van der Waals surface area contributed by atoms with E-state index in [-0.39, 0.29) is 5.75 Å². The quantitative estimate of drug-likeness (QED) is 0.569. The first-order valence-corrected chi connectivity index (χ1v) is 11.8. The molecule has 2 aromatic heterocycles. The van der Waals surface area contributed by atoms with Gasteiger partial charge in [0.15, 0.2) is 0 Å². The Morgan fingerprint density at radius 2 is 2.07 bits per heavy atom. The summed E-state index contributed by atoms with van der Waals surface area (Å²) in [6, 6.07) is 11.1. The first-order valence-electron chi connectivity index (χ1n) is 9.83. The minimum Gasteiger partial charge on any atom is -0.332 e. The van der Waals surface area contributed by atoms with Crippen LogP contribution in [0.25, 0.3) is 16.6 Å². The molecule has 152 valence electrons. The van der Waals surface area contributed by atoms with Crippen LogP contribution in [0.3, 0.4) is 0 Å². The zero-order chi connectivity index (χ0) is 20.4. The molecule has 0 unspecified atom stereocenters. The number of benzene rings is 1. The first kappa shape index (κ1) is 20.1. The fraction of sp³-hybridized carbons (Fsp3) is 0.318. The molecular weight excluding hydrogens is 406 g/mol. The van der Waals surface area contributed by atoms with Crippen molar-refractivity contribution in [3.05, 3.63) is 71.0 Å². The van der Waals surface area contributed by atoms with E-state index in [1.165, 1.54) is 5.57 Å². The summed E-state index contributed by atoms with van der Waals surface area (Å²) < 4.78 is 29.4. The van der Waals surface area contributed by atoms with E-state index in [0.717, 1.165) is 29.6 Å². The normalized spacial score (nSPS) is 15.6. The van der Waals surface area contributed by atoms with Crippen LogP contribution in [0, 0.1) is 0 Å². The SMILES string of the molecule is CCCn1cc(C2=CCN(S(=O)(=O)Cc3cccc(Cl)c3)CC2)c2cccnc21. The second kappa shape index (κ2) is 8.30. The fourth-order valence-electron chi connectivity index (χ4n) is 3.87. The Bertz CT molecular complexity index is 1170. The minimum atomic E-state index is -3.39. The lowest BCUT2D eigenvalue weighted by Gasteiger charge is -2.26. The van der Waals surface area contributed by atoms with Crippen LogP contribution in [0.15, 0.2) is 54.9 Å². The number of aromatic nitrogens is 2. The summed E-state index contributed by atoms with van der Waals surface area (Å²) in [6.45, 7) is 3.94. The molecule has 0 aliphatic carbocycles. The van der Waals surface area contributed by atoms with Crippen LogP contribution in [0.5, 0.6) is 0 Å². The largest absolute Gasteiger partial charge is 0.332 e. The van der Waals surface area contributed by atoms with Gasteiger partial charge < -0.3 is 4.57 Å². The van der Waals surface area contributed by atoms with Crippen molar-refractivity contribution in [1.29, 1.82) is 0 Å². The van der Waals surface area contributed by atoms with Gasteiger partial charge in [0, 0.05) is 48.0 Å². The summed E-state index contributed by atoms with van der Waals surface area (Å²) in [5.41, 5.74) is 4.04. The average Bonchev–Trinajstić information content (AvgIpc) is 3.07. The van der Waals surface area contributed by atoms with Crippen molar-refractivity contribution in [3.8, 4) is 0 Å². The number of halogens is 1. The van der Waals surface area contributed by atoms with Crippen molar-refractivity contribution >= 4 is 38.2 Å². The van der Waals surface area contributed by atoms with E-state index in [2.05, 4.69) is 28.7 Å². The van der Waals surface area contributed by atoms with Crippen molar-refractivity contribution in [2.24, 2.45) is 0 Å². The monoisotopic (exact) mass is 429 g/mol. The van der Waals surface area contributed by atoms with Crippen LogP contribution in [-0.4, -0.2) is 35.4 Å². The Hall–Kier alpha value is -2.15. The van der Waals surface area contributed by atoms with Gasteiger partial charge in [-0.25, -0.2) is 13.4 Å². The number of sulfonamides is 1. The second-order valence-electron chi connectivity index (χ2n) is 7.33. The number of fused-ring (bicyclic) bond motifs is 1. The highest BCUT2D eigenvalue weighted by molar-refractivity contribution is 7.88. The van der Waals surface area contributed by atoms with E-state index >= 15 is 0 Å². The summed E-state index contributed by atoms with van der Waals surface area (Å²) in [4.78, 5) is 4.54. The smallest absolute Gasteiger partial charge is 0.218 e. The summed E-state index contributed by atoms with van der Waals surface area (Å²) in [5.74, 6) is -0.0313. The number of rotatable bonds is 6. The Balaban J connectivity index is 1.56. The highest BCUT2D eigenvalue weighted by Gasteiger charge is 2.26. The topological polar surface area (TPSA) is 55.2 Å². The fourth-order valence-corrected chi connectivity index (χ4v) is 5.53. The molecule has 0 amide bonds. The summed E-state index contributed by atoms with van der Waals surface area (Å²) in [7, 11) is -3.39. The molecule has 0 atom stereocenters. The molecule has 3 aromatic rings. The lowest BCUT2D eigenvalue weighted by Crippen LogP contribution is -2.35. The van der Waals surface area contributed by atoms with E-state index in [1.807, 2.05) is 18.3 Å². The molecule has 0 saturated carbocycles. The van der Waals surface area contributed by atoms with Crippen molar-refractivity contribution in [1.82, 2.24) is 13.9 Å². The van der Waals surface area contributed by atoms with Gasteiger partial charge >= 0.3 is 0 Å². The summed E-state index contributed by atoms with van der Waals surface area (Å²) >= 11 is 5.99. The first-order chi connectivity index (χ1) is 14.0. The van der Waals surface area contributed by atoms with E-state index < -0.39 is 10.0 Å². The molecular formula is C22H24ClN3O2S. The molecule has 1 aromatic carbocycles. The van der Waals surface area contributed by atoms with E-state index in [1.54, 1.807) is 28.6 Å². The van der Waals surface area contributed by atoms with E-state index in [4.69, 9.17) is 11.6 Å². The number of pyridine rings is 1. The van der Waals surface area contributed by atoms with E-state index in [9.17, 15) is 8.42 Å². The van der Waals surface area contributed by atoms with Gasteiger partial charge in [-0.15, -0.1) is 0 Å². The molecule has 1 aliphatic rings. The van der Waals surface area contributed by atoms with Gasteiger partial charge in [-0.05, 0) is 48.2 Å². The Labute approximate surface area is 176 Å². The molecule has 0 bridgehead atoms. The molecule has 0 fully saturated rings. The van der Waals surface area contributed by atoms with Crippen LogP contribution < -0.4 is 0 Å². The van der Waals surface area contributed by atoms with Gasteiger partial charge in [0.2, 0.25) is 10.0 Å². The van der Waals surface area contributed by atoms with Gasteiger partial charge in [-0.3, -0.25) is 0 Å². The average molecular weight is 430 g/mol. The molecule has 0 N–H and O–H groups in total. The van der Waals surface area contributed by atoms with Crippen molar-refractivity contribution in [2.45, 2.75) is 32.1 Å². The Morgan fingerprint density at radius 1 is 1.21 bits per heavy atom. The van der Waals surface area contributed by atoms with Gasteiger partial charge in [0.25, 0.3) is 0 Å². The third-order valence-corrected chi connectivity index (χ3v) is 7.30. The van der Waals surface area contributed by atoms with Crippen LogP contribution >= 0.6 is 11.6 Å². The van der Waals surface area contributed by atoms with Crippen LogP contribution in [0.4, 0.5) is 0 Å². The molecule has 29 heavy (non-hydrogen) atoms. The van der Waals surface area contributed by atoms with Gasteiger partial charge in [0.1, 0.15) is 5.65 Å². The minimum absolute atomic E-state index is 0.0313. The van der Waals surface area contributed by atoms with Gasteiger partial charge in [0.05, 0.1) is 5.75 Å². The molecule has 3 heterocycles. The van der Waals surface area contributed by atoms with Gasteiger partial charge in [-0.1, -0.05) is 36.7 Å². The molecule has 5 nitrogen and oxygen atoms in total. The van der Waals surface area contributed by atoms with Crippen LogP contribution in [0.1, 0.15) is 30.9 Å². The number of hydrogen-bond acceptors (Lipinski definition) is 3. The summed E-state index contributed by atoms with van der Waals surface area (Å²) in [6.07, 6.45) is 7.74. The predicted molar refractivity (Wildman–Crippen MR) is 118 cm³/mol. The highest BCUT2D eigenvalue weighted by Crippen LogP contribution is 2.31. The maximum absolute atomic E-state index is 12.9. The zero-order valence-electron chi connectivity index (χ0n) is 16.4. The molecule has 7 heteroatoms. The van der Waals surface area contributed by atoms with Crippen molar-refractivity contribution < 1.29 is 8.42 Å². The van der Waals surface area contributed by atoms with Crippen LogP contribution in [0.2, 0.25) is 5.02 Å². The standard InChI is InChI=1S/C22H24ClN3O2S/c1-2-11-25-15-21(20-7-4-10-24-22(20)25)18-8-12-26(13-9-18)29(27,28)16-17-5-3-6-19(23)14-17/h3-8,10,14-15H,2,9,11-13,16H2,1H3. The third-order valence-electron chi connectivity index (χ3n) is 5.25. The lowest BCUT2D eigenvalue weighted by atomic mass is 10.0. The third kappa shape index (κ3) is 4.25.